The molecule has 3 aromatic rings. The fourth-order valence-electron chi connectivity index (χ4n) is 3.45. The summed E-state index contributed by atoms with van der Waals surface area (Å²) in [4.78, 5) is 26.0. The standard InChI is InChI=1S/C18H17FN4O3S/c1-9-16(8-27-21-9)23-7-12(18(25)26)17(24)11-4-13(19)15(5-14(11)23)22-3-2-10(20)6-22/h4-5,7-8,10H,2-3,6,20H2,1H3,(H,25,26)/t10-/m0/s1. The van der Waals surface area contributed by atoms with Gasteiger partial charge in [0.15, 0.2) is 0 Å². The summed E-state index contributed by atoms with van der Waals surface area (Å²) in [6, 6.07) is 2.68. The molecule has 140 valence electrons. The van der Waals surface area contributed by atoms with E-state index in [9.17, 15) is 19.1 Å². The number of aromatic nitrogens is 2. The number of benzene rings is 1. The van der Waals surface area contributed by atoms with Crippen LogP contribution in [0.15, 0.2) is 28.5 Å². The third kappa shape index (κ3) is 2.88. The number of carboxylic acids is 1. The van der Waals surface area contributed by atoms with Crippen LogP contribution in [0.5, 0.6) is 0 Å². The first kappa shape index (κ1) is 17.6. The summed E-state index contributed by atoms with van der Waals surface area (Å²) in [5, 5.41) is 11.2. The molecule has 2 aromatic heterocycles. The van der Waals surface area contributed by atoms with Gasteiger partial charge in [-0.15, -0.1) is 0 Å². The van der Waals surface area contributed by atoms with Crippen LogP contribution in [-0.4, -0.2) is 39.1 Å². The summed E-state index contributed by atoms with van der Waals surface area (Å²) in [5.41, 5.74) is 6.95. The van der Waals surface area contributed by atoms with E-state index in [-0.39, 0.29) is 11.4 Å². The lowest BCUT2D eigenvalue weighted by Gasteiger charge is -2.21. The van der Waals surface area contributed by atoms with E-state index in [1.54, 1.807) is 22.9 Å². The monoisotopic (exact) mass is 388 g/mol. The molecule has 0 bridgehead atoms. The van der Waals surface area contributed by atoms with Crippen molar-refractivity contribution in [2.45, 2.75) is 19.4 Å². The molecule has 27 heavy (non-hydrogen) atoms. The summed E-state index contributed by atoms with van der Waals surface area (Å²) in [7, 11) is 0. The van der Waals surface area contributed by atoms with Crippen LogP contribution in [0.25, 0.3) is 16.6 Å². The van der Waals surface area contributed by atoms with Gasteiger partial charge in [-0.1, -0.05) is 0 Å². The Morgan fingerprint density at radius 2 is 2.19 bits per heavy atom. The van der Waals surface area contributed by atoms with Gasteiger partial charge >= 0.3 is 5.97 Å². The largest absolute Gasteiger partial charge is 0.477 e. The SMILES string of the molecule is Cc1nscc1-n1cc(C(=O)O)c(=O)c2cc(F)c(N3CC[C@H](N)C3)cc21. The molecular formula is C18H17FN4O3S. The van der Waals surface area contributed by atoms with E-state index in [0.717, 1.165) is 12.5 Å². The van der Waals surface area contributed by atoms with Crippen LogP contribution in [0, 0.1) is 12.7 Å². The normalized spacial score (nSPS) is 17.0. The van der Waals surface area contributed by atoms with Crippen LogP contribution in [-0.2, 0) is 0 Å². The summed E-state index contributed by atoms with van der Waals surface area (Å²) in [5.74, 6) is -1.92. The predicted molar refractivity (Wildman–Crippen MR) is 102 cm³/mol. The maximum atomic E-state index is 14.8. The second-order valence-electron chi connectivity index (χ2n) is 6.65. The van der Waals surface area contributed by atoms with Crippen molar-refractivity contribution in [2.24, 2.45) is 5.73 Å². The van der Waals surface area contributed by atoms with Crippen LogP contribution in [0.2, 0.25) is 0 Å². The van der Waals surface area contributed by atoms with Gasteiger partial charge in [0.2, 0.25) is 5.43 Å². The van der Waals surface area contributed by atoms with E-state index < -0.39 is 22.8 Å². The number of nitrogens with zero attached hydrogens (tertiary/aromatic N) is 3. The average molecular weight is 388 g/mol. The third-order valence-corrected chi connectivity index (χ3v) is 5.56. The number of fused-ring (bicyclic) bond motifs is 1. The molecule has 1 aromatic carbocycles. The molecule has 1 aliphatic rings. The summed E-state index contributed by atoms with van der Waals surface area (Å²) in [6.07, 6.45) is 2.04. The zero-order chi connectivity index (χ0) is 19.3. The molecule has 9 heteroatoms. The van der Waals surface area contributed by atoms with Gasteiger partial charge in [-0.05, 0) is 37.0 Å². The fraction of sp³-hybridized carbons (Fsp3) is 0.278. The van der Waals surface area contributed by atoms with Gasteiger partial charge in [0.1, 0.15) is 11.4 Å². The number of carboxylic acid groups (broad SMARTS) is 1. The Balaban J connectivity index is 2.04. The van der Waals surface area contributed by atoms with E-state index in [1.165, 1.54) is 17.7 Å². The van der Waals surface area contributed by atoms with Crippen molar-refractivity contribution in [3.63, 3.8) is 0 Å². The molecule has 1 atom stereocenters. The highest BCUT2D eigenvalue weighted by Gasteiger charge is 2.24. The number of hydrogen-bond donors (Lipinski definition) is 2. The minimum absolute atomic E-state index is 0.0187. The van der Waals surface area contributed by atoms with Crippen molar-refractivity contribution >= 4 is 34.1 Å². The van der Waals surface area contributed by atoms with Crippen LogP contribution in [0.4, 0.5) is 10.1 Å². The highest BCUT2D eigenvalue weighted by Crippen LogP contribution is 2.30. The van der Waals surface area contributed by atoms with Gasteiger partial charge in [0.05, 0.1) is 22.6 Å². The number of rotatable bonds is 3. The number of aromatic carboxylic acids is 1. The smallest absolute Gasteiger partial charge is 0.341 e. The van der Waals surface area contributed by atoms with Crippen molar-refractivity contribution in [1.82, 2.24) is 8.94 Å². The molecule has 4 rings (SSSR count). The van der Waals surface area contributed by atoms with E-state index in [4.69, 9.17) is 5.73 Å². The zero-order valence-corrected chi connectivity index (χ0v) is 15.3. The van der Waals surface area contributed by atoms with Gasteiger partial charge < -0.3 is 20.3 Å². The molecule has 1 saturated heterocycles. The Morgan fingerprint density at radius 3 is 2.78 bits per heavy atom. The van der Waals surface area contributed by atoms with Gasteiger partial charge in [0, 0.05) is 36.1 Å². The maximum Gasteiger partial charge on any atom is 0.341 e. The molecule has 0 aliphatic carbocycles. The van der Waals surface area contributed by atoms with Crippen LogP contribution in [0.3, 0.4) is 0 Å². The molecule has 3 N–H and O–H groups in total. The van der Waals surface area contributed by atoms with Gasteiger partial charge in [-0.2, -0.15) is 4.37 Å². The molecule has 1 fully saturated rings. The van der Waals surface area contributed by atoms with E-state index in [1.807, 2.05) is 4.90 Å². The number of anilines is 1. The number of aryl methyl sites for hydroxylation is 1. The molecule has 7 nitrogen and oxygen atoms in total. The van der Waals surface area contributed by atoms with Crippen molar-refractivity contribution < 1.29 is 14.3 Å². The minimum atomic E-state index is -1.36. The summed E-state index contributed by atoms with van der Waals surface area (Å²) >= 11 is 1.22. The van der Waals surface area contributed by atoms with E-state index in [0.29, 0.717) is 35.7 Å². The Hall–Kier alpha value is -2.78. The Morgan fingerprint density at radius 1 is 1.41 bits per heavy atom. The first-order valence-corrected chi connectivity index (χ1v) is 9.24. The van der Waals surface area contributed by atoms with Gasteiger partial charge in [0.25, 0.3) is 0 Å². The number of pyridine rings is 1. The molecule has 0 radical (unpaired) electrons. The van der Waals surface area contributed by atoms with E-state index in [2.05, 4.69) is 4.37 Å². The maximum absolute atomic E-state index is 14.8. The van der Waals surface area contributed by atoms with E-state index >= 15 is 0 Å². The highest BCUT2D eigenvalue weighted by molar-refractivity contribution is 7.04. The van der Waals surface area contributed by atoms with Crippen molar-refractivity contribution in [2.75, 3.05) is 18.0 Å². The average Bonchev–Trinajstić information content (AvgIpc) is 3.23. The third-order valence-electron chi connectivity index (χ3n) is 4.85. The lowest BCUT2D eigenvalue weighted by atomic mass is 10.1. The lowest BCUT2D eigenvalue weighted by molar-refractivity contribution is 0.0695. The molecule has 0 amide bonds. The first-order chi connectivity index (χ1) is 12.9. The number of hydrogen-bond acceptors (Lipinski definition) is 6. The second kappa shape index (κ2) is 6.43. The number of nitrogens with two attached hydrogens (primary N) is 1. The quantitative estimate of drug-likeness (QED) is 0.713. The Labute approximate surface area is 157 Å². The van der Waals surface area contributed by atoms with Crippen LogP contribution in [0.1, 0.15) is 22.5 Å². The highest BCUT2D eigenvalue weighted by atomic mass is 32.1. The first-order valence-electron chi connectivity index (χ1n) is 8.41. The number of halogens is 1. The lowest BCUT2D eigenvalue weighted by Crippen LogP contribution is -2.27. The van der Waals surface area contributed by atoms with Crippen LogP contribution >= 0.6 is 11.5 Å². The Kier molecular flexibility index (Phi) is 4.20. The Bertz CT molecular complexity index is 1120. The van der Waals surface area contributed by atoms with Crippen molar-refractivity contribution in [3.8, 4) is 5.69 Å². The summed E-state index contributed by atoms with van der Waals surface area (Å²) in [6.45, 7) is 2.94. The number of carbonyl (C=O) groups is 1. The summed E-state index contributed by atoms with van der Waals surface area (Å²) < 4.78 is 20.6. The van der Waals surface area contributed by atoms with Crippen molar-refractivity contribution in [3.05, 3.63) is 51.0 Å². The fourth-order valence-corrected chi connectivity index (χ4v) is 4.14. The topological polar surface area (TPSA) is 101 Å². The molecule has 1 aliphatic heterocycles. The van der Waals surface area contributed by atoms with Crippen molar-refractivity contribution in [1.29, 1.82) is 0 Å². The zero-order valence-electron chi connectivity index (χ0n) is 14.5. The predicted octanol–water partition coefficient (Wildman–Crippen LogP) is 2.13. The van der Waals surface area contributed by atoms with Crippen LogP contribution < -0.4 is 16.1 Å². The second-order valence-corrected chi connectivity index (χ2v) is 7.28. The van der Waals surface area contributed by atoms with Gasteiger partial charge in [-0.3, -0.25) is 4.79 Å². The molecule has 0 saturated carbocycles. The molecule has 3 heterocycles. The molecule has 0 unspecified atom stereocenters. The minimum Gasteiger partial charge on any atom is -0.477 e. The van der Waals surface area contributed by atoms with Gasteiger partial charge in [-0.25, -0.2) is 9.18 Å². The molecular weight excluding hydrogens is 371 g/mol. The molecule has 0 spiro atoms.